The van der Waals surface area contributed by atoms with E-state index in [1.165, 1.54) is 18.5 Å². The topological polar surface area (TPSA) is 37.8 Å². The molecule has 3 rings (SSSR count). The lowest BCUT2D eigenvalue weighted by Gasteiger charge is -2.08. The Morgan fingerprint density at radius 3 is 2.85 bits per heavy atom. The third-order valence-corrected chi connectivity index (χ3v) is 3.44. The summed E-state index contributed by atoms with van der Waals surface area (Å²) < 4.78 is 14.1. The van der Waals surface area contributed by atoms with Crippen LogP contribution in [-0.2, 0) is 6.54 Å². The Labute approximate surface area is 124 Å². The zero-order chi connectivity index (χ0) is 13.9. The average molecular weight is 332 g/mol. The van der Waals surface area contributed by atoms with Crippen molar-refractivity contribution in [1.82, 2.24) is 9.97 Å². The third kappa shape index (κ3) is 2.77. The van der Waals surface area contributed by atoms with E-state index in [0.29, 0.717) is 6.54 Å². The van der Waals surface area contributed by atoms with E-state index in [-0.39, 0.29) is 5.82 Å². The van der Waals surface area contributed by atoms with E-state index in [0.717, 1.165) is 26.8 Å². The highest BCUT2D eigenvalue weighted by Crippen LogP contribution is 2.23. The first-order valence-electron chi connectivity index (χ1n) is 6.11. The Kier molecular flexibility index (Phi) is 3.60. The monoisotopic (exact) mass is 331 g/mol. The Balaban J connectivity index is 1.89. The summed E-state index contributed by atoms with van der Waals surface area (Å²) in [5.74, 6) is 0.500. The number of rotatable bonds is 3. The summed E-state index contributed by atoms with van der Waals surface area (Å²) >= 11 is 3.44. The van der Waals surface area contributed by atoms with Gasteiger partial charge in [-0.3, -0.25) is 0 Å². The molecule has 0 spiro atoms. The van der Waals surface area contributed by atoms with Crippen LogP contribution in [0.1, 0.15) is 5.56 Å². The zero-order valence-electron chi connectivity index (χ0n) is 10.5. The number of fused-ring (bicyclic) bond motifs is 1. The number of nitrogens with one attached hydrogen (secondary N) is 1. The Bertz CT molecular complexity index is 761. The van der Waals surface area contributed by atoms with Crippen molar-refractivity contribution in [3.05, 3.63) is 64.6 Å². The molecule has 0 radical (unpaired) electrons. The summed E-state index contributed by atoms with van der Waals surface area (Å²) in [7, 11) is 0. The Morgan fingerprint density at radius 2 is 2.00 bits per heavy atom. The number of aromatic nitrogens is 2. The normalized spacial score (nSPS) is 10.7. The maximum Gasteiger partial charge on any atom is 0.137 e. The van der Waals surface area contributed by atoms with Gasteiger partial charge in [0.15, 0.2) is 0 Å². The second-order valence-electron chi connectivity index (χ2n) is 4.37. The molecule has 2 aromatic carbocycles. The van der Waals surface area contributed by atoms with Gasteiger partial charge in [0, 0.05) is 16.4 Å². The van der Waals surface area contributed by atoms with Crippen molar-refractivity contribution < 1.29 is 4.39 Å². The molecule has 0 bridgehead atoms. The van der Waals surface area contributed by atoms with Gasteiger partial charge in [-0.15, -0.1) is 0 Å². The molecule has 20 heavy (non-hydrogen) atoms. The first kappa shape index (κ1) is 13.0. The summed E-state index contributed by atoms with van der Waals surface area (Å²) in [5, 5.41) is 4.15. The molecule has 1 heterocycles. The van der Waals surface area contributed by atoms with Crippen LogP contribution in [0, 0.1) is 5.82 Å². The largest absolute Gasteiger partial charge is 0.365 e. The fourth-order valence-electron chi connectivity index (χ4n) is 2.00. The van der Waals surface area contributed by atoms with Crippen LogP contribution in [0.3, 0.4) is 0 Å². The first-order chi connectivity index (χ1) is 9.72. The first-order valence-corrected chi connectivity index (χ1v) is 6.90. The maximum atomic E-state index is 13.1. The van der Waals surface area contributed by atoms with Crippen LogP contribution in [0.25, 0.3) is 10.9 Å². The predicted molar refractivity (Wildman–Crippen MR) is 81.0 cm³/mol. The maximum absolute atomic E-state index is 13.1. The number of nitrogens with zero attached hydrogens (tertiary/aromatic N) is 2. The predicted octanol–water partition coefficient (Wildman–Crippen LogP) is 4.14. The number of benzene rings is 2. The molecule has 0 aliphatic heterocycles. The van der Waals surface area contributed by atoms with E-state index in [1.807, 2.05) is 24.3 Å². The summed E-state index contributed by atoms with van der Waals surface area (Å²) in [6, 6.07) is 12.3. The summed E-state index contributed by atoms with van der Waals surface area (Å²) in [4.78, 5) is 8.47. The standard InChI is InChI=1S/C15H11BrFN3/c16-11-4-5-14-13(7-11)15(20-9-19-14)18-8-10-2-1-3-12(17)6-10/h1-7,9H,8H2,(H,18,19,20). The fraction of sp³-hybridized carbons (Fsp3) is 0.0667. The number of halogens is 2. The molecule has 3 aromatic rings. The second-order valence-corrected chi connectivity index (χ2v) is 5.28. The van der Waals surface area contributed by atoms with Crippen molar-refractivity contribution in [3.8, 4) is 0 Å². The Hall–Kier alpha value is -2.01. The molecule has 1 aromatic heterocycles. The summed E-state index contributed by atoms with van der Waals surface area (Å²) in [5.41, 5.74) is 1.73. The van der Waals surface area contributed by atoms with Crippen molar-refractivity contribution in [2.24, 2.45) is 0 Å². The minimum absolute atomic E-state index is 0.236. The lowest BCUT2D eigenvalue weighted by atomic mass is 10.2. The molecule has 0 aliphatic rings. The van der Waals surface area contributed by atoms with Crippen molar-refractivity contribution in [3.63, 3.8) is 0 Å². The molecule has 0 atom stereocenters. The lowest BCUT2D eigenvalue weighted by Crippen LogP contribution is -2.02. The number of anilines is 1. The van der Waals surface area contributed by atoms with E-state index in [4.69, 9.17) is 0 Å². The third-order valence-electron chi connectivity index (χ3n) is 2.95. The zero-order valence-corrected chi connectivity index (χ0v) is 12.1. The number of hydrogen-bond acceptors (Lipinski definition) is 3. The number of hydrogen-bond donors (Lipinski definition) is 1. The lowest BCUT2D eigenvalue weighted by molar-refractivity contribution is 0.626. The molecule has 0 unspecified atom stereocenters. The van der Waals surface area contributed by atoms with Gasteiger partial charge in [-0.1, -0.05) is 28.1 Å². The van der Waals surface area contributed by atoms with Gasteiger partial charge in [-0.2, -0.15) is 0 Å². The molecule has 0 amide bonds. The fourth-order valence-corrected chi connectivity index (χ4v) is 2.36. The molecular weight excluding hydrogens is 321 g/mol. The van der Waals surface area contributed by atoms with Crippen LogP contribution < -0.4 is 5.32 Å². The van der Waals surface area contributed by atoms with Gasteiger partial charge in [0.1, 0.15) is 18.0 Å². The van der Waals surface area contributed by atoms with Crippen LogP contribution in [0.15, 0.2) is 53.3 Å². The highest BCUT2D eigenvalue weighted by molar-refractivity contribution is 9.10. The van der Waals surface area contributed by atoms with E-state index >= 15 is 0 Å². The molecular formula is C15H11BrFN3. The van der Waals surface area contributed by atoms with E-state index in [1.54, 1.807) is 6.07 Å². The van der Waals surface area contributed by atoms with Gasteiger partial charge in [0.2, 0.25) is 0 Å². The smallest absolute Gasteiger partial charge is 0.137 e. The molecule has 0 aliphatic carbocycles. The van der Waals surface area contributed by atoms with Crippen LogP contribution in [-0.4, -0.2) is 9.97 Å². The van der Waals surface area contributed by atoms with Gasteiger partial charge in [0.05, 0.1) is 5.52 Å². The summed E-state index contributed by atoms with van der Waals surface area (Å²) in [6.45, 7) is 0.510. The van der Waals surface area contributed by atoms with Crippen molar-refractivity contribution in [1.29, 1.82) is 0 Å². The molecule has 0 fully saturated rings. The van der Waals surface area contributed by atoms with Crippen LogP contribution >= 0.6 is 15.9 Å². The Morgan fingerprint density at radius 1 is 1.10 bits per heavy atom. The van der Waals surface area contributed by atoms with Crippen molar-refractivity contribution >= 4 is 32.7 Å². The summed E-state index contributed by atoms with van der Waals surface area (Å²) in [6.07, 6.45) is 1.52. The van der Waals surface area contributed by atoms with Crippen LogP contribution in [0.5, 0.6) is 0 Å². The molecule has 1 N–H and O–H groups in total. The van der Waals surface area contributed by atoms with Crippen molar-refractivity contribution in [2.45, 2.75) is 6.54 Å². The highest BCUT2D eigenvalue weighted by atomic mass is 79.9. The van der Waals surface area contributed by atoms with Crippen LogP contribution in [0.4, 0.5) is 10.2 Å². The second kappa shape index (κ2) is 5.54. The van der Waals surface area contributed by atoms with E-state index in [2.05, 4.69) is 31.2 Å². The van der Waals surface area contributed by atoms with Gasteiger partial charge in [0.25, 0.3) is 0 Å². The van der Waals surface area contributed by atoms with Gasteiger partial charge < -0.3 is 5.32 Å². The minimum Gasteiger partial charge on any atom is -0.365 e. The van der Waals surface area contributed by atoms with Gasteiger partial charge in [-0.25, -0.2) is 14.4 Å². The average Bonchev–Trinajstić information content (AvgIpc) is 2.45. The molecule has 0 saturated heterocycles. The van der Waals surface area contributed by atoms with Crippen molar-refractivity contribution in [2.75, 3.05) is 5.32 Å². The molecule has 5 heteroatoms. The van der Waals surface area contributed by atoms with Gasteiger partial charge >= 0.3 is 0 Å². The molecule has 100 valence electrons. The van der Waals surface area contributed by atoms with E-state index < -0.39 is 0 Å². The minimum atomic E-state index is -0.236. The van der Waals surface area contributed by atoms with Crippen LogP contribution in [0.2, 0.25) is 0 Å². The highest BCUT2D eigenvalue weighted by Gasteiger charge is 2.04. The quantitative estimate of drug-likeness (QED) is 0.783. The SMILES string of the molecule is Fc1cccc(CNc2ncnc3ccc(Br)cc23)c1. The molecule has 3 nitrogen and oxygen atoms in total. The van der Waals surface area contributed by atoms with E-state index in [9.17, 15) is 4.39 Å². The van der Waals surface area contributed by atoms with Gasteiger partial charge in [-0.05, 0) is 35.9 Å². The molecule has 0 saturated carbocycles.